The van der Waals surface area contributed by atoms with Crippen molar-refractivity contribution in [2.24, 2.45) is 0 Å². The Labute approximate surface area is 136 Å². The van der Waals surface area contributed by atoms with Crippen LogP contribution >= 0.6 is 27.5 Å². The minimum absolute atomic E-state index is 0.185. The standard InChI is InChI=1S/C13H15BrClN5O/c1-4-16-11-17-12(20(2)3)19-13(18-11)21-10-7-8(14)5-6-9(10)15/h5-7H,4H2,1-3H3,(H,16,17,18,19). The molecule has 0 saturated carbocycles. The van der Waals surface area contributed by atoms with E-state index in [2.05, 4.69) is 36.2 Å². The lowest BCUT2D eigenvalue weighted by molar-refractivity contribution is 0.440. The zero-order chi connectivity index (χ0) is 15.4. The number of nitrogens with zero attached hydrogens (tertiary/aromatic N) is 4. The Kier molecular flexibility index (Phi) is 5.19. The first-order valence-electron chi connectivity index (χ1n) is 6.29. The summed E-state index contributed by atoms with van der Waals surface area (Å²) in [5, 5.41) is 3.53. The van der Waals surface area contributed by atoms with Crippen molar-refractivity contribution in [1.29, 1.82) is 0 Å². The highest BCUT2D eigenvalue weighted by Crippen LogP contribution is 2.31. The van der Waals surface area contributed by atoms with E-state index < -0.39 is 0 Å². The maximum Gasteiger partial charge on any atom is 0.328 e. The van der Waals surface area contributed by atoms with Gasteiger partial charge in [-0.1, -0.05) is 27.5 Å². The molecule has 0 atom stereocenters. The molecule has 112 valence electrons. The van der Waals surface area contributed by atoms with Gasteiger partial charge in [0.05, 0.1) is 5.02 Å². The van der Waals surface area contributed by atoms with Crippen LogP contribution in [-0.2, 0) is 0 Å². The van der Waals surface area contributed by atoms with Gasteiger partial charge in [0.15, 0.2) is 5.75 Å². The van der Waals surface area contributed by atoms with Crippen LogP contribution < -0.4 is 15.0 Å². The fourth-order valence-corrected chi connectivity index (χ4v) is 1.98. The van der Waals surface area contributed by atoms with Crippen molar-refractivity contribution in [3.05, 3.63) is 27.7 Å². The molecular weight excluding hydrogens is 358 g/mol. The second-order valence-electron chi connectivity index (χ2n) is 4.34. The highest BCUT2D eigenvalue weighted by Gasteiger charge is 2.11. The third-order valence-corrected chi connectivity index (χ3v) is 3.24. The molecule has 0 aliphatic heterocycles. The summed E-state index contributed by atoms with van der Waals surface area (Å²) < 4.78 is 6.53. The topological polar surface area (TPSA) is 63.2 Å². The molecule has 0 spiro atoms. The van der Waals surface area contributed by atoms with Gasteiger partial charge in [-0.25, -0.2) is 0 Å². The van der Waals surface area contributed by atoms with E-state index in [0.29, 0.717) is 29.2 Å². The van der Waals surface area contributed by atoms with Crippen molar-refractivity contribution in [2.75, 3.05) is 30.9 Å². The molecule has 1 heterocycles. The number of anilines is 2. The van der Waals surface area contributed by atoms with Crippen molar-refractivity contribution < 1.29 is 4.74 Å². The first-order chi connectivity index (χ1) is 9.99. The number of rotatable bonds is 5. The predicted octanol–water partition coefficient (Wildman–Crippen LogP) is 3.58. The second kappa shape index (κ2) is 6.91. The number of benzene rings is 1. The summed E-state index contributed by atoms with van der Waals surface area (Å²) in [5.41, 5.74) is 0. The molecule has 0 aliphatic rings. The highest BCUT2D eigenvalue weighted by atomic mass is 79.9. The van der Waals surface area contributed by atoms with Crippen molar-refractivity contribution in [1.82, 2.24) is 15.0 Å². The van der Waals surface area contributed by atoms with E-state index in [1.54, 1.807) is 17.0 Å². The van der Waals surface area contributed by atoms with Gasteiger partial charge in [0.1, 0.15) is 0 Å². The molecule has 1 aromatic heterocycles. The summed E-state index contributed by atoms with van der Waals surface area (Å²) in [6, 6.07) is 5.51. The number of nitrogens with one attached hydrogen (secondary N) is 1. The third kappa shape index (κ3) is 4.18. The largest absolute Gasteiger partial charge is 0.422 e. The van der Waals surface area contributed by atoms with Crippen LogP contribution in [0.25, 0.3) is 0 Å². The minimum Gasteiger partial charge on any atom is -0.422 e. The Morgan fingerprint density at radius 3 is 2.71 bits per heavy atom. The van der Waals surface area contributed by atoms with Crippen LogP contribution in [0.5, 0.6) is 11.8 Å². The van der Waals surface area contributed by atoms with Crippen molar-refractivity contribution in [3.63, 3.8) is 0 Å². The van der Waals surface area contributed by atoms with Gasteiger partial charge in [-0.3, -0.25) is 0 Å². The van der Waals surface area contributed by atoms with Gasteiger partial charge in [-0.2, -0.15) is 15.0 Å². The second-order valence-corrected chi connectivity index (χ2v) is 5.67. The van der Waals surface area contributed by atoms with E-state index in [0.717, 1.165) is 4.47 Å². The number of ether oxygens (including phenoxy) is 1. The van der Waals surface area contributed by atoms with Gasteiger partial charge in [-0.05, 0) is 25.1 Å². The normalized spacial score (nSPS) is 10.3. The molecule has 0 radical (unpaired) electrons. The van der Waals surface area contributed by atoms with Crippen LogP contribution in [-0.4, -0.2) is 35.6 Å². The van der Waals surface area contributed by atoms with E-state index in [1.165, 1.54) is 0 Å². The fourth-order valence-electron chi connectivity index (χ4n) is 1.48. The summed E-state index contributed by atoms with van der Waals surface area (Å²) in [6.07, 6.45) is 0. The number of aromatic nitrogens is 3. The lowest BCUT2D eigenvalue weighted by atomic mass is 10.3. The zero-order valence-electron chi connectivity index (χ0n) is 11.9. The molecule has 0 fully saturated rings. The minimum atomic E-state index is 0.185. The summed E-state index contributed by atoms with van der Waals surface area (Å²) >= 11 is 9.48. The molecule has 0 saturated heterocycles. The van der Waals surface area contributed by atoms with Crippen LogP contribution in [0, 0.1) is 0 Å². The van der Waals surface area contributed by atoms with Gasteiger partial charge < -0.3 is 15.0 Å². The smallest absolute Gasteiger partial charge is 0.328 e. The Balaban J connectivity index is 2.36. The molecular formula is C13H15BrClN5O. The maximum atomic E-state index is 6.11. The highest BCUT2D eigenvalue weighted by molar-refractivity contribution is 9.10. The molecule has 8 heteroatoms. The molecule has 2 rings (SSSR count). The summed E-state index contributed by atoms with van der Waals surface area (Å²) in [6.45, 7) is 2.67. The Morgan fingerprint density at radius 2 is 2.05 bits per heavy atom. The SMILES string of the molecule is CCNc1nc(Oc2cc(Br)ccc2Cl)nc(N(C)C)n1. The molecule has 0 aliphatic carbocycles. The average molecular weight is 373 g/mol. The molecule has 6 nitrogen and oxygen atoms in total. The zero-order valence-corrected chi connectivity index (χ0v) is 14.2. The van der Waals surface area contributed by atoms with Gasteiger partial charge >= 0.3 is 6.01 Å². The van der Waals surface area contributed by atoms with Crippen molar-refractivity contribution in [2.45, 2.75) is 6.92 Å². The number of halogens is 2. The van der Waals surface area contributed by atoms with E-state index in [-0.39, 0.29) is 6.01 Å². The van der Waals surface area contributed by atoms with Crippen LogP contribution in [0.2, 0.25) is 5.02 Å². The molecule has 1 N–H and O–H groups in total. The molecule has 0 unspecified atom stereocenters. The molecule has 2 aromatic rings. The number of hydrogen-bond acceptors (Lipinski definition) is 6. The first-order valence-corrected chi connectivity index (χ1v) is 7.47. The molecule has 0 amide bonds. The Hall–Kier alpha value is -1.60. The first kappa shape index (κ1) is 15.8. The van der Waals surface area contributed by atoms with Crippen LogP contribution in [0.1, 0.15) is 6.92 Å². The molecule has 0 bridgehead atoms. The van der Waals surface area contributed by atoms with E-state index >= 15 is 0 Å². The van der Waals surface area contributed by atoms with Crippen LogP contribution in [0.4, 0.5) is 11.9 Å². The number of hydrogen-bond donors (Lipinski definition) is 1. The quantitative estimate of drug-likeness (QED) is 0.865. The van der Waals surface area contributed by atoms with Gasteiger partial charge in [0.25, 0.3) is 0 Å². The summed E-state index contributed by atoms with van der Waals surface area (Å²) in [4.78, 5) is 14.5. The fraction of sp³-hybridized carbons (Fsp3) is 0.308. The lowest BCUT2D eigenvalue weighted by Gasteiger charge is -2.13. The van der Waals surface area contributed by atoms with E-state index in [9.17, 15) is 0 Å². The summed E-state index contributed by atoms with van der Waals surface area (Å²) in [5.74, 6) is 1.43. The van der Waals surface area contributed by atoms with E-state index in [1.807, 2.05) is 27.1 Å². The van der Waals surface area contributed by atoms with Gasteiger partial charge in [0.2, 0.25) is 11.9 Å². The third-order valence-electron chi connectivity index (χ3n) is 2.43. The Bertz CT molecular complexity index is 638. The van der Waals surface area contributed by atoms with E-state index in [4.69, 9.17) is 16.3 Å². The van der Waals surface area contributed by atoms with Gasteiger partial charge in [0, 0.05) is 25.1 Å². The van der Waals surface area contributed by atoms with Crippen molar-refractivity contribution in [3.8, 4) is 11.8 Å². The van der Waals surface area contributed by atoms with Crippen molar-refractivity contribution >= 4 is 39.4 Å². The summed E-state index contributed by atoms with van der Waals surface area (Å²) in [7, 11) is 3.70. The average Bonchev–Trinajstić information content (AvgIpc) is 2.43. The Morgan fingerprint density at radius 1 is 1.29 bits per heavy atom. The maximum absolute atomic E-state index is 6.11. The molecule has 1 aromatic carbocycles. The van der Waals surface area contributed by atoms with Crippen LogP contribution in [0.3, 0.4) is 0 Å². The molecule has 21 heavy (non-hydrogen) atoms. The van der Waals surface area contributed by atoms with Gasteiger partial charge in [-0.15, -0.1) is 0 Å². The predicted molar refractivity (Wildman–Crippen MR) is 87.5 cm³/mol. The van der Waals surface area contributed by atoms with Crippen LogP contribution in [0.15, 0.2) is 22.7 Å². The lowest BCUT2D eigenvalue weighted by Crippen LogP contribution is -2.15. The monoisotopic (exact) mass is 371 g/mol.